The molecule has 72 heavy (non-hydrogen) atoms. The Morgan fingerprint density at radius 2 is 0.764 bits per heavy atom. The molecule has 18 N–H and O–H groups in total. The predicted molar refractivity (Wildman–Crippen MR) is 259 cm³/mol. The molecule has 0 saturated heterocycles. The molecule has 0 saturated carbocycles. The number of nitrogens with two attached hydrogens (primary N) is 3. The van der Waals surface area contributed by atoms with E-state index in [-0.39, 0.29) is 42.9 Å². The highest BCUT2D eigenvalue weighted by Gasteiger charge is 2.36. The van der Waals surface area contributed by atoms with Gasteiger partial charge in [0.1, 0.15) is 48.3 Å². The van der Waals surface area contributed by atoms with Gasteiger partial charge in [-0.3, -0.25) is 52.7 Å². The number of hydrogen-bond donors (Lipinski definition) is 15. The highest BCUT2D eigenvalue weighted by atomic mass is 16.4. The highest BCUT2D eigenvalue weighted by molar-refractivity contribution is 6.00. The van der Waals surface area contributed by atoms with Crippen LogP contribution in [0.3, 0.4) is 0 Å². The first-order valence-electron chi connectivity index (χ1n) is 23.8. The molecule has 11 amide bonds. The Morgan fingerprint density at radius 1 is 0.444 bits per heavy atom. The van der Waals surface area contributed by atoms with Crippen LogP contribution < -0.4 is 65.1 Å². The Kier molecular flexibility index (Phi) is 29.6. The lowest BCUT2D eigenvalue weighted by Crippen LogP contribution is -2.61. The standard InChI is InChI=1S/C45H80N12O15/c1-11-24(10)35(48)44(70)55-27(14-22(6)7)39(65)52-26(13-21(4)5)38(64)53-28(15-32(46)60)40(66)54-29(16-33(47)61)41(67)56-31(19-59)42(68)51-25(12-20(2)3)37(63)49-17-34(62)50-30(18-58)43(69)57-36(23(8)9)45(71)72/h20-31,35-36,58-59H,11-19,48H2,1-10H3,(H2,46,60)(H2,47,61)(H,49,63)(H,50,62)(H,51,68)(H,52,65)(H,53,64)(H,54,66)(H,55,70)(H,56,67)(H,57,69)(H,71,72)/t24-,25-,26-,27-,28-,29-,30-,31-,35-,36-/m0/s1. The number of carbonyl (C=O) groups is 12. The van der Waals surface area contributed by atoms with Crippen molar-refractivity contribution in [1.82, 2.24) is 47.9 Å². The van der Waals surface area contributed by atoms with Gasteiger partial charge in [0.05, 0.1) is 38.6 Å². The minimum atomic E-state index is -1.91. The van der Waals surface area contributed by atoms with Gasteiger partial charge in [0, 0.05) is 0 Å². The molecule has 0 aromatic heterocycles. The predicted octanol–water partition coefficient (Wildman–Crippen LogP) is -5.03. The van der Waals surface area contributed by atoms with Crippen molar-refractivity contribution in [3.05, 3.63) is 0 Å². The summed E-state index contributed by atoms with van der Waals surface area (Å²) in [7, 11) is 0. The molecule has 27 nitrogen and oxygen atoms in total. The van der Waals surface area contributed by atoms with Crippen LogP contribution in [-0.4, -0.2) is 160 Å². The summed E-state index contributed by atoms with van der Waals surface area (Å²) in [6.45, 7) is 14.3. The van der Waals surface area contributed by atoms with Gasteiger partial charge in [-0.05, 0) is 48.9 Å². The number of amides is 11. The normalized spacial score (nSPS) is 15.5. The fraction of sp³-hybridized carbons (Fsp3) is 0.733. The van der Waals surface area contributed by atoms with Gasteiger partial charge in [-0.2, -0.15) is 0 Å². The number of aliphatic hydroxyl groups excluding tert-OH is 2. The topological polar surface area (TPSA) is 452 Å². The Balaban J connectivity index is 6.27. The van der Waals surface area contributed by atoms with Crippen LogP contribution in [0.25, 0.3) is 0 Å². The van der Waals surface area contributed by atoms with E-state index in [1.807, 2.05) is 20.8 Å². The summed E-state index contributed by atoms with van der Waals surface area (Å²) in [6, 6.07) is -13.3. The molecule has 0 heterocycles. The van der Waals surface area contributed by atoms with Gasteiger partial charge in [-0.15, -0.1) is 0 Å². The molecule has 0 bridgehead atoms. The summed E-state index contributed by atoms with van der Waals surface area (Å²) >= 11 is 0. The lowest BCUT2D eigenvalue weighted by atomic mass is 9.97. The van der Waals surface area contributed by atoms with Crippen molar-refractivity contribution in [2.24, 2.45) is 46.8 Å². The molecule has 0 aliphatic carbocycles. The fourth-order valence-electron chi connectivity index (χ4n) is 6.76. The molecule has 410 valence electrons. The molecule has 0 unspecified atom stereocenters. The van der Waals surface area contributed by atoms with Crippen molar-refractivity contribution in [3.8, 4) is 0 Å². The molecule has 10 atom stereocenters. The maximum atomic E-state index is 13.8. The van der Waals surface area contributed by atoms with Gasteiger partial charge in [0.15, 0.2) is 0 Å². The summed E-state index contributed by atoms with van der Waals surface area (Å²) in [5.74, 6) is -13.8. The van der Waals surface area contributed by atoms with Crippen molar-refractivity contribution in [2.75, 3.05) is 19.8 Å². The van der Waals surface area contributed by atoms with Gasteiger partial charge in [0.2, 0.25) is 65.0 Å². The Labute approximate surface area is 419 Å². The lowest BCUT2D eigenvalue weighted by Gasteiger charge is -2.28. The highest BCUT2D eigenvalue weighted by Crippen LogP contribution is 2.12. The van der Waals surface area contributed by atoms with Crippen LogP contribution in [0.1, 0.15) is 108 Å². The molecule has 0 aliphatic heterocycles. The zero-order chi connectivity index (χ0) is 55.7. The quantitative estimate of drug-likeness (QED) is 0.0287. The number of nitrogens with one attached hydrogen (secondary N) is 9. The van der Waals surface area contributed by atoms with E-state index in [1.54, 1.807) is 34.6 Å². The smallest absolute Gasteiger partial charge is 0.326 e. The van der Waals surface area contributed by atoms with Crippen molar-refractivity contribution in [3.63, 3.8) is 0 Å². The zero-order valence-corrected chi connectivity index (χ0v) is 42.9. The number of aliphatic carboxylic acids is 1. The average molecular weight is 1030 g/mol. The molecule has 27 heteroatoms. The van der Waals surface area contributed by atoms with Gasteiger partial charge in [-0.25, -0.2) is 4.79 Å². The fourth-order valence-corrected chi connectivity index (χ4v) is 6.76. The molecule has 0 rings (SSSR count). The van der Waals surface area contributed by atoms with E-state index in [0.29, 0.717) is 6.42 Å². The maximum Gasteiger partial charge on any atom is 0.326 e. The van der Waals surface area contributed by atoms with Gasteiger partial charge < -0.3 is 80.4 Å². The molecule has 0 fully saturated rings. The third-order valence-corrected chi connectivity index (χ3v) is 11.0. The largest absolute Gasteiger partial charge is 0.480 e. The van der Waals surface area contributed by atoms with Crippen LogP contribution in [-0.2, 0) is 57.5 Å². The van der Waals surface area contributed by atoms with Crippen LogP contribution >= 0.6 is 0 Å². The average Bonchev–Trinajstić information content (AvgIpc) is 3.27. The first-order valence-corrected chi connectivity index (χ1v) is 23.8. The SMILES string of the molecule is CC[C@H](C)[C@H](N)C(=O)N[C@@H](CC(C)C)C(=O)N[C@@H](CC(C)C)C(=O)N[C@@H](CC(N)=O)C(=O)N[C@@H](CC(N)=O)C(=O)N[C@@H](CO)C(=O)N[C@@H](CC(C)C)C(=O)NCC(=O)N[C@@H](CO)C(=O)N[C@H](C(=O)O)C(C)C. The number of carboxylic acid groups (broad SMARTS) is 1. The number of rotatable bonds is 34. The number of carbonyl (C=O) groups excluding carboxylic acids is 11. The van der Waals surface area contributed by atoms with Gasteiger partial charge in [-0.1, -0.05) is 75.7 Å². The van der Waals surface area contributed by atoms with E-state index in [0.717, 1.165) is 0 Å². The van der Waals surface area contributed by atoms with Crippen molar-refractivity contribution in [2.45, 2.75) is 162 Å². The van der Waals surface area contributed by atoms with Crippen LogP contribution in [0.5, 0.6) is 0 Å². The minimum absolute atomic E-state index is 0.00521. The third kappa shape index (κ3) is 24.6. The molecule has 0 spiro atoms. The molecular formula is C45H80N12O15. The maximum absolute atomic E-state index is 13.8. The molecular weight excluding hydrogens is 949 g/mol. The van der Waals surface area contributed by atoms with E-state index in [1.165, 1.54) is 13.8 Å². The summed E-state index contributed by atoms with van der Waals surface area (Å²) in [5.41, 5.74) is 16.9. The van der Waals surface area contributed by atoms with Gasteiger partial charge >= 0.3 is 5.97 Å². The van der Waals surface area contributed by atoms with Crippen LogP contribution in [0.2, 0.25) is 0 Å². The number of primary amides is 2. The van der Waals surface area contributed by atoms with Crippen molar-refractivity contribution < 1.29 is 72.9 Å². The second-order valence-corrected chi connectivity index (χ2v) is 19.3. The third-order valence-electron chi connectivity index (χ3n) is 11.0. The van der Waals surface area contributed by atoms with Crippen LogP contribution in [0.15, 0.2) is 0 Å². The van der Waals surface area contributed by atoms with E-state index in [2.05, 4.69) is 47.9 Å². The molecule has 0 aromatic carbocycles. The Bertz CT molecular complexity index is 1900. The Morgan fingerprint density at radius 3 is 1.11 bits per heavy atom. The number of hydrogen-bond acceptors (Lipinski definition) is 15. The first kappa shape index (κ1) is 65.5. The summed E-state index contributed by atoms with van der Waals surface area (Å²) in [4.78, 5) is 156. The van der Waals surface area contributed by atoms with Crippen molar-refractivity contribution in [1.29, 1.82) is 0 Å². The van der Waals surface area contributed by atoms with E-state index in [9.17, 15) is 72.9 Å². The second-order valence-electron chi connectivity index (χ2n) is 19.3. The summed E-state index contributed by atoms with van der Waals surface area (Å²) in [6.07, 6.45) is -1.06. The first-order chi connectivity index (χ1) is 33.4. The number of carboxylic acids is 1. The monoisotopic (exact) mass is 1030 g/mol. The van der Waals surface area contributed by atoms with E-state index in [4.69, 9.17) is 17.2 Å². The molecule has 0 radical (unpaired) electrons. The summed E-state index contributed by atoms with van der Waals surface area (Å²) < 4.78 is 0. The number of aliphatic hydroxyl groups is 2. The molecule has 0 aromatic rings. The van der Waals surface area contributed by atoms with E-state index < -0.39 is 164 Å². The van der Waals surface area contributed by atoms with Crippen LogP contribution in [0.4, 0.5) is 0 Å². The summed E-state index contributed by atoms with van der Waals surface area (Å²) in [5, 5.41) is 50.1. The second kappa shape index (κ2) is 32.5. The Hall–Kier alpha value is -6.48. The minimum Gasteiger partial charge on any atom is -0.480 e. The van der Waals surface area contributed by atoms with Crippen LogP contribution in [0, 0.1) is 29.6 Å². The zero-order valence-electron chi connectivity index (χ0n) is 42.9. The molecule has 0 aliphatic rings. The van der Waals surface area contributed by atoms with Gasteiger partial charge in [0.25, 0.3) is 0 Å². The van der Waals surface area contributed by atoms with Crippen molar-refractivity contribution >= 4 is 70.9 Å². The van der Waals surface area contributed by atoms with E-state index >= 15 is 0 Å². The lowest BCUT2D eigenvalue weighted by molar-refractivity contribution is -0.143.